The Kier molecular flexibility index (Phi) is 8.03. The van der Waals surface area contributed by atoms with Crippen LogP contribution in [0.4, 0.5) is 0 Å². The fraction of sp³-hybridized carbons (Fsp3) is 0. The number of hydrogen-bond donors (Lipinski definition) is 0. The van der Waals surface area contributed by atoms with E-state index in [9.17, 15) is 0 Å². The van der Waals surface area contributed by atoms with E-state index >= 15 is 0 Å². The van der Waals surface area contributed by atoms with Gasteiger partial charge in [0, 0.05) is 55.2 Å². The minimum atomic E-state index is 0.609. The summed E-state index contributed by atoms with van der Waals surface area (Å²) in [4.78, 5) is 10.5. The van der Waals surface area contributed by atoms with Crippen molar-refractivity contribution in [2.24, 2.45) is 0 Å². The summed E-state index contributed by atoms with van der Waals surface area (Å²) in [5.74, 6) is 2.12. The second kappa shape index (κ2) is 14.1. The highest BCUT2D eigenvalue weighted by Gasteiger charge is 2.22. The molecule has 0 amide bonds. The SMILES string of the molecule is c1ccc(-c2cc(-c3ccccc3)nc(-n3c4ccccc4c4cc(-c5nnc(-c6ccc7c8ccccc8n(-c8ccccc8)c7c6)n5-c5ccccc5)ccc43)n2)cc1. The topological polar surface area (TPSA) is 66.3 Å². The molecule has 12 aromatic rings. The Hall–Kier alpha value is -8.42. The maximum atomic E-state index is 5.23. The lowest BCUT2D eigenvalue weighted by Gasteiger charge is -2.13. The maximum absolute atomic E-state index is 5.23. The summed E-state index contributed by atoms with van der Waals surface area (Å²) in [6.45, 7) is 0. The van der Waals surface area contributed by atoms with Gasteiger partial charge in [-0.2, -0.15) is 0 Å². The summed E-state index contributed by atoms with van der Waals surface area (Å²) in [5, 5.41) is 14.5. The molecule has 7 nitrogen and oxygen atoms in total. The number of fused-ring (bicyclic) bond motifs is 6. The normalized spacial score (nSPS) is 11.6. The highest BCUT2D eigenvalue weighted by molar-refractivity contribution is 6.11. The molecular weight excluding hydrogens is 747 g/mol. The predicted molar refractivity (Wildman–Crippen MR) is 247 cm³/mol. The van der Waals surface area contributed by atoms with E-state index in [1.807, 2.05) is 42.5 Å². The first kappa shape index (κ1) is 34.6. The van der Waals surface area contributed by atoms with Crippen molar-refractivity contribution in [3.8, 4) is 62.6 Å². The van der Waals surface area contributed by atoms with E-state index in [0.29, 0.717) is 5.95 Å². The molecule has 0 aliphatic heterocycles. The highest BCUT2D eigenvalue weighted by Crippen LogP contribution is 2.39. The molecule has 0 saturated heterocycles. The first-order valence-electron chi connectivity index (χ1n) is 20.4. The molecule has 7 heteroatoms. The Morgan fingerprint density at radius 3 is 1.33 bits per heavy atom. The average Bonchev–Trinajstić information content (AvgIpc) is 4.03. The zero-order valence-electron chi connectivity index (χ0n) is 32.8. The van der Waals surface area contributed by atoms with Crippen LogP contribution in [0.3, 0.4) is 0 Å². The molecule has 0 fully saturated rings. The predicted octanol–water partition coefficient (Wildman–Crippen LogP) is 12.9. The van der Waals surface area contributed by atoms with E-state index in [2.05, 4.69) is 184 Å². The summed E-state index contributed by atoms with van der Waals surface area (Å²) in [7, 11) is 0. The van der Waals surface area contributed by atoms with E-state index in [1.54, 1.807) is 0 Å². The number of benzene rings is 8. The fourth-order valence-corrected chi connectivity index (χ4v) is 8.82. The zero-order chi connectivity index (χ0) is 40.3. The fourth-order valence-electron chi connectivity index (χ4n) is 8.82. The lowest BCUT2D eigenvalue weighted by Crippen LogP contribution is -2.04. The van der Waals surface area contributed by atoms with Crippen LogP contribution in [-0.2, 0) is 0 Å². The first-order chi connectivity index (χ1) is 30.3. The van der Waals surface area contributed by atoms with Crippen LogP contribution in [0.25, 0.3) is 106 Å². The number of hydrogen-bond acceptors (Lipinski definition) is 4. The van der Waals surface area contributed by atoms with E-state index in [-0.39, 0.29) is 0 Å². The van der Waals surface area contributed by atoms with Gasteiger partial charge in [-0.3, -0.25) is 9.13 Å². The van der Waals surface area contributed by atoms with Crippen molar-refractivity contribution in [2.45, 2.75) is 0 Å². The average molecular weight is 782 g/mol. The van der Waals surface area contributed by atoms with Crippen molar-refractivity contribution in [3.05, 3.63) is 212 Å². The first-order valence-corrected chi connectivity index (χ1v) is 20.4. The van der Waals surface area contributed by atoms with Crippen LogP contribution in [0.5, 0.6) is 0 Å². The summed E-state index contributed by atoms with van der Waals surface area (Å²) >= 11 is 0. The second-order valence-corrected chi connectivity index (χ2v) is 15.2. The van der Waals surface area contributed by atoms with E-state index < -0.39 is 0 Å². The molecule has 0 spiro atoms. The lowest BCUT2D eigenvalue weighted by atomic mass is 10.1. The van der Waals surface area contributed by atoms with Gasteiger partial charge in [-0.25, -0.2) is 9.97 Å². The van der Waals surface area contributed by atoms with Crippen LogP contribution in [0, 0.1) is 0 Å². The van der Waals surface area contributed by atoms with Gasteiger partial charge in [-0.05, 0) is 66.7 Å². The Morgan fingerprint density at radius 1 is 0.279 bits per heavy atom. The minimum absolute atomic E-state index is 0.609. The third-order valence-corrected chi connectivity index (χ3v) is 11.6. The van der Waals surface area contributed by atoms with Crippen LogP contribution in [-0.4, -0.2) is 33.9 Å². The summed E-state index contributed by atoms with van der Waals surface area (Å²) in [6, 6.07) is 73.9. The van der Waals surface area contributed by atoms with Crippen molar-refractivity contribution >= 4 is 43.6 Å². The van der Waals surface area contributed by atoms with Crippen LogP contribution in [0.2, 0.25) is 0 Å². The smallest absolute Gasteiger partial charge is 0.235 e. The number of nitrogens with zero attached hydrogens (tertiary/aromatic N) is 7. The Balaban J connectivity index is 1.05. The summed E-state index contributed by atoms with van der Waals surface area (Å²) in [6.07, 6.45) is 0. The Bertz CT molecular complexity index is 3510. The quantitative estimate of drug-likeness (QED) is 0.161. The molecular formula is C54H35N7. The standard InChI is InChI=1S/C54H35N7/c1-5-17-36(18-6-1)46-35-47(37-19-7-2-8-20-37)56-54(55-46)61-49-28-16-14-26-43(49)45-33-38(30-32-50(45)61)52-57-58-53(60(52)41-23-11-4-12-24-41)39-29-31-44-42-25-13-15-27-48(42)59(51(44)34-39)40-21-9-3-10-22-40/h1-35H. The number of para-hydroxylation sites is 4. The van der Waals surface area contributed by atoms with Crippen LogP contribution in [0.15, 0.2) is 212 Å². The van der Waals surface area contributed by atoms with E-state index in [4.69, 9.17) is 20.2 Å². The molecule has 286 valence electrons. The summed E-state index contributed by atoms with van der Waals surface area (Å²) in [5.41, 5.74) is 12.1. The number of aromatic nitrogens is 7. The van der Waals surface area contributed by atoms with E-state index in [0.717, 1.165) is 89.5 Å². The maximum Gasteiger partial charge on any atom is 0.235 e. The van der Waals surface area contributed by atoms with Crippen molar-refractivity contribution in [1.29, 1.82) is 0 Å². The van der Waals surface area contributed by atoms with Gasteiger partial charge >= 0.3 is 0 Å². The van der Waals surface area contributed by atoms with Gasteiger partial charge in [0.25, 0.3) is 0 Å². The van der Waals surface area contributed by atoms with Crippen molar-refractivity contribution in [1.82, 2.24) is 33.9 Å². The molecule has 0 aliphatic rings. The zero-order valence-corrected chi connectivity index (χ0v) is 32.8. The molecule has 0 radical (unpaired) electrons. The largest absolute Gasteiger partial charge is 0.309 e. The second-order valence-electron chi connectivity index (χ2n) is 15.2. The van der Waals surface area contributed by atoms with Crippen molar-refractivity contribution in [2.75, 3.05) is 0 Å². The molecule has 8 aromatic carbocycles. The Labute approximate surface area is 351 Å². The van der Waals surface area contributed by atoms with Gasteiger partial charge in [0.1, 0.15) is 0 Å². The third-order valence-electron chi connectivity index (χ3n) is 11.6. The van der Waals surface area contributed by atoms with Gasteiger partial charge in [-0.15, -0.1) is 10.2 Å². The minimum Gasteiger partial charge on any atom is -0.309 e. The third kappa shape index (κ3) is 5.74. The van der Waals surface area contributed by atoms with Crippen LogP contribution >= 0.6 is 0 Å². The molecule has 61 heavy (non-hydrogen) atoms. The molecule has 0 bridgehead atoms. The molecule has 12 rings (SSSR count). The Morgan fingerprint density at radius 2 is 0.721 bits per heavy atom. The van der Waals surface area contributed by atoms with E-state index in [1.165, 1.54) is 10.8 Å². The number of rotatable bonds is 7. The van der Waals surface area contributed by atoms with Gasteiger partial charge in [-0.1, -0.05) is 146 Å². The molecule has 4 aromatic heterocycles. The monoisotopic (exact) mass is 781 g/mol. The molecule has 0 saturated carbocycles. The van der Waals surface area contributed by atoms with Crippen molar-refractivity contribution in [3.63, 3.8) is 0 Å². The molecule has 0 aliphatic carbocycles. The highest BCUT2D eigenvalue weighted by atomic mass is 15.3. The van der Waals surface area contributed by atoms with Gasteiger partial charge in [0.05, 0.1) is 33.5 Å². The van der Waals surface area contributed by atoms with Crippen molar-refractivity contribution < 1.29 is 0 Å². The molecule has 0 N–H and O–H groups in total. The summed E-state index contributed by atoms with van der Waals surface area (Å²) < 4.78 is 6.70. The van der Waals surface area contributed by atoms with Crippen LogP contribution < -0.4 is 0 Å². The molecule has 0 unspecified atom stereocenters. The van der Waals surface area contributed by atoms with Gasteiger partial charge in [0.2, 0.25) is 5.95 Å². The van der Waals surface area contributed by atoms with Gasteiger partial charge in [0.15, 0.2) is 11.6 Å². The van der Waals surface area contributed by atoms with Gasteiger partial charge < -0.3 is 4.57 Å². The molecule has 0 atom stereocenters. The van der Waals surface area contributed by atoms with Crippen LogP contribution in [0.1, 0.15) is 0 Å². The lowest BCUT2D eigenvalue weighted by molar-refractivity contribution is 0.995. The molecule has 4 heterocycles.